The van der Waals surface area contributed by atoms with E-state index in [2.05, 4.69) is 44.2 Å². The van der Waals surface area contributed by atoms with Crippen LogP contribution in [0.3, 0.4) is 0 Å². The summed E-state index contributed by atoms with van der Waals surface area (Å²) in [5, 5.41) is 30.7. The molecule has 34 heavy (non-hydrogen) atoms. The maximum absolute atomic E-state index is 10.6. The zero-order valence-corrected chi connectivity index (χ0v) is 21.8. The van der Waals surface area contributed by atoms with Crippen LogP contribution in [-0.2, 0) is 12.0 Å². The molecule has 3 nitrogen and oxygen atoms in total. The van der Waals surface area contributed by atoms with Crippen molar-refractivity contribution in [3.8, 4) is 0 Å². The summed E-state index contributed by atoms with van der Waals surface area (Å²) in [5.74, 6) is 2.06. The standard InChI is InChI=1S/C31H46O3/c1-21(11-13-23-8-5-6-10-28(23)30(2,3)34)27-15-16-29-24(9-7-17-31(27,29)4)14-12-22-18-25(32)20-26(33)19-22/h5-6,8,10,12,14,21,25-27,29,32-34H,7,9,11,13,15-20H2,1-4H3/b24-14+/t21-,25-,26-,27-,29+,31-/m1/s1. The van der Waals surface area contributed by atoms with Gasteiger partial charge in [-0.1, -0.05) is 61.4 Å². The molecular weight excluding hydrogens is 420 g/mol. The van der Waals surface area contributed by atoms with Crippen molar-refractivity contribution in [1.82, 2.24) is 0 Å². The normalized spacial score (nSPS) is 34.2. The third-order valence-electron chi connectivity index (χ3n) is 9.34. The molecule has 3 N–H and O–H groups in total. The molecule has 1 aromatic rings. The van der Waals surface area contributed by atoms with E-state index in [0.717, 1.165) is 17.9 Å². The molecule has 3 saturated carbocycles. The molecule has 3 heteroatoms. The highest BCUT2D eigenvalue weighted by Crippen LogP contribution is 2.59. The summed E-state index contributed by atoms with van der Waals surface area (Å²) < 4.78 is 0. The summed E-state index contributed by atoms with van der Waals surface area (Å²) >= 11 is 0. The van der Waals surface area contributed by atoms with Gasteiger partial charge in [-0.25, -0.2) is 0 Å². The molecular formula is C31H46O3. The van der Waals surface area contributed by atoms with E-state index in [0.29, 0.717) is 36.5 Å². The fourth-order valence-electron chi connectivity index (χ4n) is 7.66. The molecule has 0 aliphatic heterocycles. The Morgan fingerprint density at radius 2 is 1.79 bits per heavy atom. The first kappa shape index (κ1) is 25.7. The van der Waals surface area contributed by atoms with Crippen molar-refractivity contribution in [2.24, 2.45) is 23.2 Å². The molecule has 3 aliphatic carbocycles. The van der Waals surface area contributed by atoms with Crippen molar-refractivity contribution in [2.45, 2.75) is 110 Å². The molecule has 3 fully saturated rings. The van der Waals surface area contributed by atoms with Gasteiger partial charge in [-0.05, 0) is 112 Å². The van der Waals surface area contributed by atoms with Crippen LogP contribution < -0.4 is 0 Å². The van der Waals surface area contributed by atoms with Crippen molar-refractivity contribution < 1.29 is 15.3 Å². The minimum Gasteiger partial charge on any atom is -0.393 e. The summed E-state index contributed by atoms with van der Waals surface area (Å²) in [6, 6.07) is 8.39. The highest BCUT2D eigenvalue weighted by Gasteiger charge is 2.50. The van der Waals surface area contributed by atoms with Crippen molar-refractivity contribution in [3.63, 3.8) is 0 Å². The molecule has 4 rings (SSSR count). The van der Waals surface area contributed by atoms with Gasteiger partial charge in [0, 0.05) is 0 Å². The lowest BCUT2D eigenvalue weighted by Gasteiger charge is -2.44. The van der Waals surface area contributed by atoms with Gasteiger partial charge < -0.3 is 15.3 Å². The quantitative estimate of drug-likeness (QED) is 0.451. The minimum atomic E-state index is -0.799. The van der Waals surface area contributed by atoms with Gasteiger partial charge in [-0.3, -0.25) is 0 Å². The fourth-order valence-corrected chi connectivity index (χ4v) is 7.66. The minimum absolute atomic E-state index is 0.364. The van der Waals surface area contributed by atoms with Crippen molar-refractivity contribution in [3.05, 3.63) is 58.7 Å². The van der Waals surface area contributed by atoms with Crippen LogP contribution in [0.1, 0.15) is 96.6 Å². The van der Waals surface area contributed by atoms with Gasteiger partial charge in [0.1, 0.15) is 0 Å². The average Bonchev–Trinajstić information content (AvgIpc) is 3.12. The van der Waals surface area contributed by atoms with E-state index in [1.54, 1.807) is 5.57 Å². The monoisotopic (exact) mass is 466 g/mol. The number of fused-ring (bicyclic) bond motifs is 1. The molecule has 0 spiro atoms. The number of hydrogen-bond acceptors (Lipinski definition) is 3. The van der Waals surface area contributed by atoms with E-state index < -0.39 is 17.8 Å². The zero-order chi connectivity index (χ0) is 24.5. The Morgan fingerprint density at radius 3 is 2.50 bits per heavy atom. The van der Waals surface area contributed by atoms with Gasteiger partial charge in [0.15, 0.2) is 0 Å². The summed E-state index contributed by atoms with van der Waals surface area (Å²) in [4.78, 5) is 0. The lowest BCUT2D eigenvalue weighted by atomic mass is 9.60. The van der Waals surface area contributed by atoms with Gasteiger partial charge in [0.25, 0.3) is 0 Å². The molecule has 0 saturated heterocycles. The van der Waals surface area contributed by atoms with Crippen LogP contribution in [0.25, 0.3) is 0 Å². The van der Waals surface area contributed by atoms with E-state index in [9.17, 15) is 15.3 Å². The molecule has 0 unspecified atom stereocenters. The molecule has 0 radical (unpaired) electrons. The van der Waals surface area contributed by atoms with Crippen LogP contribution >= 0.6 is 0 Å². The predicted molar refractivity (Wildman–Crippen MR) is 139 cm³/mol. The van der Waals surface area contributed by atoms with Gasteiger partial charge in [0.05, 0.1) is 17.8 Å². The van der Waals surface area contributed by atoms with Gasteiger partial charge in [-0.2, -0.15) is 0 Å². The maximum atomic E-state index is 10.6. The Labute approximate surface area is 207 Å². The summed E-state index contributed by atoms with van der Waals surface area (Å²) in [7, 11) is 0. The predicted octanol–water partition coefficient (Wildman–Crippen LogP) is 6.46. The lowest BCUT2D eigenvalue weighted by molar-refractivity contribution is 0.0609. The number of allylic oxidation sites excluding steroid dienone is 3. The van der Waals surface area contributed by atoms with E-state index in [-0.39, 0.29) is 0 Å². The number of aliphatic hydroxyl groups is 3. The Bertz CT molecular complexity index is 895. The Balaban J connectivity index is 1.45. The van der Waals surface area contributed by atoms with Crippen molar-refractivity contribution in [2.75, 3.05) is 0 Å². The maximum Gasteiger partial charge on any atom is 0.0843 e. The van der Waals surface area contributed by atoms with E-state index in [1.807, 2.05) is 19.9 Å². The second kappa shape index (κ2) is 10.3. The number of rotatable bonds is 6. The Morgan fingerprint density at radius 1 is 1.09 bits per heavy atom. The zero-order valence-electron chi connectivity index (χ0n) is 21.8. The topological polar surface area (TPSA) is 60.7 Å². The molecule has 0 amide bonds. The number of aliphatic hydroxyl groups excluding tert-OH is 2. The first-order chi connectivity index (χ1) is 16.1. The van der Waals surface area contributed by atoms with Crippen LogP contribution in [0.2, 0.25) is 0 Å². The number of hydrogen-bond donors (Lipinski definition) is 3. The van der Waals surface area contributed by atoms with E-state index >= 15 is 0 Å². The fraction of sp³-hybridized carbons (Fsp3) is 0.677. The van der Waals surface area contributed by atoms with Crippen LogP contribution in [0, 0.1) is 23.2 Å². The molecule has 0 aromatic heterocycles. The summed E-state index contributed by atoms with van der Waals surface area (Å²) in [6.45, 7) is 8.77. The first-order valence-electron chi connectivity index (χ1n) is 13.6. The average molecular weight is 467 g/mol. The second-order valence-electron chi connectivity index (χ2n) is 12.3. The molecule has 6 atom stereocenters. The molecule has 0 bridgehead atoms. The molecule has 1 aromatic carbocycles. The largest absolute Gasteiger partial charge is 0.393 e. The van der Waals surface area contributed by atoms with Gasteiger partial charge >= 0.3 is 0 Å². The van der Waals surface area contributed by atoms with Crippen LogP contribution in [0.15, 0.2) is 47.6 Å². The van der Waals surface area contributed by atoms with Crippen molar-refractivity contribution in [1.29, 1.82) is 0 Å². The summed E-state index contributed by atoms with van der Waals surface area (Å²) in [6.07, 6.45) is 14.2. The highest BCUT2D eigenvalue weighted by molar-refractivity contribution is 5.32. The Kier molecular flexibility index (Phi) is 7.77. The van der Waals surface area contributed by atoms with Gasteiger partial charge in [-0.15, -0.1) is 0 Å². The smallest absolute Gasteiger partial charge is 0.0843 e. The number of benzene rings is 1. The van der Waals surface area contributed by atoms with Crippen LogP contribution in [0.4, 0.5) is 0 Å². The van der Waals surface area contributed by atoms with Gasteiger partial charge in [0.2, 0.25) is 0 Å². The Hall–Kier alpha value is -1.42. The van der Waals surface area contributed by atoms with Crippen LogP contribution in [0.5, 0.6) is 0 Å². The first-order valence-corrected chi connectivity index (χ1v) is 13.6. The van der Waals surface area contributed by atoms with E-state index in [1.165, 1.54) is 49.7 Å². The third-order valence-corrected chi connectivity index (χ3v) is 9.34. The molecule has 188 valence electrons. The third kappa shape index (κ3) is 5.53. The van der Waals surface area contributed by atoms with Crippen LogP contribution in [-0.4, -0.2) is 27.5 Å². The highest BCUT2D eigenvalue weighted by atomic mass is 16.3. The number of aryl methyl sites for hydroxylation is 1. The lowest BCUT2D eigenvalue weighted by Crippen LogP contribution is -2.36. The summed E-state index contributed by atoms with van der Waals surface area (Å²) in [5.41, 5.74) is 4.70. The van der Waals surface area contributed by atoms with Crippen molar-refractivity contribution >= 4 is 0 Å². The second-order valence-corrected chi connectivity index (χ2v) is 12.3. The molecule has 0 heterocycles. The van der Waals surface area contributed by atoms with E-state index in [4.69, 9.17) is 0 Å². The molecule has 3 aliphatic rings. The SMILES string of the molecule is C[C@H](CCc1ccccc1C(C)(C)O)[C@H]1CC[C@H]2/C(=C/C=C3C[C@@H](O)C[C@H](O)C3)CCC[C@]12C.